The molecule has 0 heterocycles. The molecule has 0 atom stereocenters. The van der Waals surface area contributed by atoms with Gasteiger partial charge in [0.25, 0.3) is 0 Å². The monoisotopic (exact) mass is 638 g/mol. The lowest BCUT2D eigenvalue weighted by Gasteiger charge is -2.53. The number of hydrogen-bond acceptors (Lipinski definition) is 4. The molecule has 0 radical (unpaired) electrons. The summed E-state index contributed by atoms with van der Waals surface area (Å²) in [5, 5.41) is 40.5. The third-order valence-corrected chi connectivity index (χ3v) is 12.4. The highest BCUT2D eigenvalue weighted by atomic mass is 16.3. The molecule has 0 aromatic heterocycles. The van der Waals surface area contributed by atoms with E-state index in [2.05, 4.69) is 85.8 Å². The first-order valence-electron chi connectivity index (χ1n) is 17.5. The van der Waals surface area contributed by atoms with Gasteiger partial charge in [0.05, 0.1) is 0 Å². The van der Waals surface area contributed by atoms with E-state index in [1.165, 1.54) is 27.8 Å². The molecule has 246 valence electrons. The Morgan fingerprint density at radius 2 is 0.688 bits per heavy atom. The number of phenols is 4. The summed E-state index contributed by atoms with van der Waals surface area (Å²) in [4.78, 5) is 0. The first-order valence-corrected chi connectivity index (χ1v) is 17.5. The van der Waals surface area contributed by atoms with Gasteiger partial charge in [-0.2, -0.15) is 0 Å². The third-order valence-electron chi connectivity index (χ3n) is 12.4. The molecule has 4 nitrogen and oxygen atoms in total. The van der Waals surface area contributed by atoms with Crippen LogP contribution in [0.5, 0.6) is 23.0 Å². The molecule has 4 N–H and O–H groups in total. The normalized spacial score (nSPS) is 18.4. The zero-order valence-corrected chi connectivity index (χ0v) is 27.7. The Balaban J connectivity index is 1.22. The van der Waals surface area contributed by atoms with E-state index >= 15 is 0 Å². The summed E-state index contributed by atoms with van der Waals surface area (Å²) in [7, 11) is 0. The fraction of sp³-hybridized carbons (Fsp3) is 0.318. The van der Waals surface area contributed by atoms with Crippen LogP contribution in [0.1, 0.15) is 86.1 Å². The van der Waals surface area contributed by atoms with Crippen LogP contribution >= 0.6 is 0 Å². The van der Waals surface area contributed by atoms with Crippen molar-refractivity contribution < 1.29 is 20.4 Å². The fourth-order valence-electron chi connectivity index (χ4n) is 9.63. The first-order chi connectivity index (χ1) is 23.2. The van der Waals surface area contributed by atoms with Gasteiger partial charge in [0, 0.05) is 10.8 Å². The molecule has 0 unspecified atom stereocenters. The van der Waals surface area contributed by atoms with E-state index in [0.29, 0.717) is 11.8 Å². The van der Waals surface area contributed by atoms with Gasteiger partial charge in [0.1, 0.15) is 23.0 Å². The Kier molecular flexibility index (Phi) is 8.45. The van der Waals surface area contributed by atoms with E-state index in [0.717, 1.165) is 51.4 Å². The number of hydrogen-bond donors (Lipinski definition) is 4. The minimum absolute atomic E-state index is 0.0204. The lowest BCUT2D eigenvalue weighted by molar-refractivity contribution is 0.0851. The van der Waals surface area contributed by atoms with Crippen LogP contribution in [0.4, 0.5) is 0 Å². The van der Waals surface area contributed by atoms with E-state index in [9.17, 15) is 20.4 Å². The Hall–Kier alpha value is -4.70. The molecule has 0 saturated heterocycles. The highest BCUT2D eigenvalue weighted by molar-refractivity contribution is 5.46. The Morgan fingerprint density at radius 1 is 0.417 bits per heavy atom. The summed E-state index contributed by atoms with van der Waals surface area (Å²) in [6.45, 7) is 2.53. The molecular formula is C44H46O4. The van der Waals surface area contributed by atoms with Crippen molar-refractivity contribution in [2.75, 3.05) is 0 Å². The van der Waals surface area contributed by atoms with Crippen molar-refractivity contribution >= 4 is 0 Å². The number of rotatable bonds is 7. The second kappa shape index (κ2) is 12.7. The van der Waals surface area contributed by atoms with Gasteiger partial charge in [-0.3, -0.25) is 0 Å². The van der Waals surface area contributed by atoms with Crippen LogP contribution in [0.25, 0.3) is 0 Å². The third kappa shape index (κ3) is 5.61. The minimum atomic E-state index is -0.186. The van der Waals surface area contributed by atoms with Gasteiger partial charge in [-0.05, 0) is 145 Å². The second-order valence-corrected chi connectivity index (χ2v) is 14.5. The van der Waals surface area contributed by atoms with Gasteiger partial charge in [-0.25, -0.2) is 0 Å². The molecule has 2 fully saturated rings. The molecule has 2 aliphatic carbocycles. The molecule has 0 spiro atoms. The van der Waals surface area contributed by atoms with Crippen molar-refractivity contribution in [1.29, 1.82) is 0 Å². The predicted molar refractivity (Wildman–Crippen MR) is 192 cm³/mol. The first kappa shape index (κ1) is 31.9. The number of benzene rings is 5. The van der Waals surface area contributed by atoms with Gasteiger partial charge in [0.2, 0.25) is 0 Å². The van der Waals surface area contributed by atoms with Gasteiger partial charge < -0.3 is 20.4 Å². The van der Waals surface area contributed by atoms with Crippen LogP contribution in [0.15, 0.2) is 127 Å². The molecule has 2 saturated carbocycles. The van der Waals surface area contributed by atoms with Crippen molar-refractivity contribution in [1.82, 2.24) is 0 Å². The zero-order chi connectivity index (χ0) is 33.4. The van der Waals surface area contributed by atoms with Crippen molar-refractivity contribution in [3.8, 4) is 23.0 Å². The lowest BCUT2D eigenvalue weighted by Crippen LogP contribution is -2.47. The average molecular weight is 639 g/mol. The summed E-state index contributed by atoms with van der Waals surface area (Å²) in [6, 6.07) is 42.2. The zero-order valence-electron chi connectivity index (χ0n) is 27.7. The number of phenolic OH excluding ortho intramolecular Hbond substituents is 4. The predicted octanol–water partition coefficient (Wildman–Crippen LogP) is 10.1. The van der Waals surface area contributed by atoms with Crippen molar-refractivity contribution in [3.05, 3.63) is 155 Å². The quantitative estimate of drug-likeness (QED) is 0.143. The SMILES string of the molecule is CC(c1ccccc1)(C1CCC(c2ccc(O)cc2)(c2ccc(O)cc2)CC1)C1CCC(c2ccc(O)cc2)(c2ccc(O)cc2)CC1. The van der Waals surface area contributed by atoms with E-state index in [1.807, 2.05) is 0 Å². The molecule has 0 bridgehead atoms. The van der Waals surface area contributed by atoms with Crippen LogP contribution in [0, 0.1) is 11.8 Å². The number of aromatic hydroxyl groups is 4. The molecule has 7 rings (SSSR count). The van der Waals surface area contributed by atoms with Gasteiger partial charge in [-0.1, -0.05) is 85.8 Å². The van der Waals surface area contributed by atoms with E-state index < -0.39 is 0 Å². The van der Waals surface area contributed by atoms with Crippen LogP contribution in [0.2, 0.25) is 0 Å². The largest absolute Gasteiger partial charge is 0.508 e. The van der Waals surface area contributed by atoms with Crippen molar-refractivity contribution in [3.63, 3.8) is 0 Å². The van der Waals surface area contributed by atoms with Crippen LogP contribution in [-0.2, 0) is 16.2 Å². The van der Waals surface area contributed by atoms with Crippen LogP contribution in [0.3, 0.4) is 0 Å². The summed E-state index contributed by atoms with van der Waals surface area (Å²) in [5.74, 6) is 2.08. The summed E-state index contributed by atoms with van der Waals surface area (Å²) in [6.07, 6.45) is 8.27. The van der Waals surface area contributed by atoms with Gasteiger partial charge in [0.15, 0.2) is 0 Å². The molecule has 2 aliphatic rings. The standard InChI is InChI=1S/C44H46O4/c1-42(31-5-3-2-4-6-31,32-23-27-43(28-24-32,34-7-15-38(45)16-8-34)35-9-17-39(46)18-10-35)33-25-29-44(30-26-33,36-11-19-40(47)20-12-36)37-13-21-41(48)22-14-37/h2-22,32-33,45-48H,23-30H2,1H3. The smallest absolute Gasteiger partial charge is 0.115 e. The molecule has 0 amide bonds. The summed E-state index contributed by atoms with van der Waals surface area (Å²) in [5.41, 5.74) is 5.90. The van der Waals surface area contributed by atoms with E-state index in [-0.39, 0.29) is 39.2 Å². The van der Waals surface area contributed by atoms with Gasteiger partial charge >= 0.3 is 0 Å². The second-order valence-electron chi connectivity index (χ2n) is 14.5. The fourth-order valence-corrected chi connectivity index (χ4v) is 9.63. The molecule has 5 aromatic carbocycles. The molecule has 4 heteroatoms. The summed E-state index contributed by atoms with van der Waals surface area (Å²) >= 11 is 0. The van der Waals surface area contributed by atoms with E-state index in [4.69, 9.17) is 0 Å². The highest BCUT2D eigenvalue weighted by Gasteiger charge is 2.50. The molecule has 48 heavy (non-hydrogen) atoms. The van der Waals surface area contributed by atoms with Crippen molar-refractivity contribution in [2.45, 2.75) is 74.5 Å². The van der Waals surface area contributed by atoms with E-state index in [1.54, 1.807) is 48.5 Å². The maximum Gasteiger partial charge on any atom is 0.115 e. The Labute approximate surface area is 284 Å². The average Bonchev–Trinajstić information content (AvgIpc) is 3.13. The summed E-state index contributed by atoms with van der Waals surface area (Å²) < 4.78 is 0. The topological polar surface area (TPSA) is 80.9 Å². The Morgan fingerprint density at radius 3 is 0.958 bits per heavy atom. The minimum Gasteiger partial charge on any atom is -0.508 e. The molecule has 0 aliphatic heterocycles. The molecule has 5 aromatic rings. The molecular weight excluding hydrogens is 592 g/mol. The lowest BCUT2D eigenvalue weighted by atomic mass is 9.51. The van der Waals surface area contributed by atoms with Gasteiger partial charge in [-0.15, -0.1) is 0 Å². The van der Waals surface area contributed by atoms with Crippen molar-refractivity contribution in [2.24, 2.45) is 11.8 Å². The van der Waals surface area contributed by atoms with Crippen LogP contribution in [-0.4, -0.2) is 20.4 Å². The van der Waals surface area contributed by atoms with Crippen LogP contribution < -0.4 is 0 Å². The maximum absolute atomic E-state index is 10.1. The maximum atomic E-state index is 10.1. The highest BCUT2D eigenvalue weighted by Crippen LogP contribution is 2.58. The Bertz CT molecular complexity index is 1580.